The van der Waals surface area contributed by atoms with Crippen molar-refractivity contribution in [3.05, 3.63) is 24.0 Å². The Morgan fingerprint density at radius 3 is 2.74 bits per heavy atom. The van der Waals surface area contributed by atoms with Crippen LogP contribution in [0, 0.1) is 11.3 Å². The lowest BCUT2D eigenvalue weighted by Gasteiger charge is -2.24. The summed E-state index contributed by atoms with van der Waals surface area (Å²) in [6.45, 7) is 2.81. The number of hydrogen-bond acceptors (Lipinski definition) is 5. The van der Waals surface area contributed by atoms with Crippen molar-refractivity contribution in [2.45, 2.75) is 30.7 Å². The van der Waals surface area contributed by atoms with Gasteiger partial charge < -0.3 is 5.11 Å². The molecule has 19 heavy (non-hydrogen) atoms. The van der Waals surface area contributed by atoms with Gasteiger partial charge in [0.1, 0.15) is 16.5 Å². The number of carbonyl (C=O) groups is 1. The zero-order chi connectivity index (χ0) is 14.7. The highest BCUT2D eigenvalue weighted by Gasteiger charge is 2.37. The average Bonchev–Trinajstić information content (AvgIpc) is 2.37. The molecule has 1 atom stereocenters. The Morgan fingerprint density at radius 2 is 2.26 bits per heavy atom. The van der Waals surface area contributed by atoms with E-state index >= 15 is 0 Å². The van der Waals surface area contributed by atoms with Gasteiger partial charge in [0.05, 0.1) is 0 Å². The molecule has 0 amide bonds. The van der Waals surface area contributed by atoms with Gasteiger partial charge in [-0.2, -0.15) is 9.98 Å². The van der Waals surface area contributed by atoms with Gasteiger partial charge in [-0.3, -0.25) is 4.79 Å². The summed E-state index contributed by atoms with van der Waals surface area (Å²) in [6, 6.07) is 4.22. The molecule has 1 aromatic rings. The molecule has 102 valence electrons. The van der Waals surface area contributed by atoms with Crippen LogP contribution in [-0.2, 0) is 14.8 Å². The Bertz CT molecular complexity index is 636. The van der Waals surface area contributed by atoms with Crippen molar-refractivity contribution in [3.63, 3.8) is 0 Å². The highest BCUT2D eigenvalue weighted by atomic mass is 32.2. The van der Waals surface area contributed by atoms with Crippen LogP contribution in [0.5, 0.6) is 0 Å². The molecule has 0 fully saturated rings. The first-order chi connectivity index (χ1) is 8.77. The smallest absolute Gasteiger partial charge is 0.324 e. The van der Waals surface area contributed by atoms with E-state index in [1.807, 2.05) is 0 Å². The molecular weight excluding hydrogens is 270 g/mol. The van der Waals surface area contributed by atoms with Crippen LogP contribution in [-0.4, -0.2) is 30.0 Å². The number of nitrogens with zero attached hydrogens (tertiary/aromatic N) is 2. The first kappa shape index (κ1) is 15.1. The number of hydrogen-bond donors (Lipinski definition) is 2. The minimum absolute atomic E-state index is 0.0592. The van der Waals surface area contributed by atoms with Crippen LogP contribution in [0.1, 0.15) is 26.0 Å². The van der Waals surface area contributed by atoms with Crippen molar-refractivity contribution in [3.8, 4) is 6.07 Å². The first-order valence-electron chi connectivity index (χ1n) is 5.39. The predicted molar refractivity (Wildman–Crippen MR) is 65.6 cm³/mol. The van der Waals surface area contributed by atoms with Crippen LogP contribution < -0.4 is 4.72 Å². The Labute approximate surface area is 110 Å². The lowest BCUT2D eigenvalue weighted by atomic mass is 10.0. The fourth-order valence-corrected chi connectivity index (χ4v) is 2.86. The van der Waals surface area contributed by atoms with Gasteiger partial charge in [-0.15, -0.1) is 0 Å². The minimum Gasteiger partial charge on any atom is -0.480 e. The monoisotopic (exact) mass is 283 g/mol. The van der Waals surface area contributed by atoms with Gasteiger partial charge in [0.25, 0.3) is 0 Å². The Balaban J connectivity index is 3.27. The van der Waals surface area contributed by atoms with Crippen molar-refractivity contribution in [1.82, 2.24) is 9.71 Å². The number of nitriles is 1. The number of carboxylic acids is 1. The maximum absolute atomic E-state index is 12.1. The quantitative estimate of drug-likeness (QED) is 0.811. The second kappa shape index (κ2) is 5.34. The molecule has 0 saturated carbocycles. The summed E-state index contributed by atoms with van der Waals surface area (Å²) in [4.78, 5) is 14.4. The van der Waals surface area contributed by atoms with E-state index in [1.54, 1.807) is 13.0 Å². The van der Waals surface area contributed by atoms with Gasteiger partial charge in [0.15, 0.2) is 5.69 Å². The predicted octanol–water partition coefficient (Wildman–Crippen LogP) is 0.485. The maximum Gasteiger partial charge on any atom is 0.324 e. The molecule has 1 heterocycles. The number of rotatable bonds is 5. The van der Waals surface area contributed by atoms with E-state index in [0.29, 0.717) is 0 Å². The number of carboxylic acid groups (broad SMARTS) is 1. The van der Waals surface area contributed by atoms with Crippen molar-refractivity contribution in [2.24, 2.45) is 0 Å². The van der Waals surface area contributed by atoms with Crippen molar-refractivity contribution >= 4 is 16.0 Å². The molecule has 1 aromatic heterocycles. The lowest BCUT2D eigenvalue weighted by molar-refractivity contribution is -0.143. The third-order valence-corrected chi connectivity index (χ3v) is 4.33. The van der Waals surface area contributed by atoms with Crippen LogP contribution in [0.2, 0.25) is 0 Å². The summed E-state index contributed by atoms with van der Waals surface area (Å²) in [5, 5.41) is 17.9. The molecule has 0 aromatic carbocycles. The molecule has 0 aliphatic heterocycles. The summed E-state index contributed by atoms with van der Waals surface area (Å²) in [6.07, 6.45) is 1.34. The largest absolute Gasteiger partial charge is 0.480 e. The summed E-state index contributed by atoms with van der Waals surface area (Å²) in [5.41, 5.74) is -1.92. The molecule has 2 N–H and O–H groups in total. The van der Waals surface area contributed by atoms with Crippen LogP contribution in [0.15, 0.2) is 23.2 Å². The highest BCUT2D eigenvalue weighted by molar-refractivity contribution is 7.89. The fraction of sp³-hybridized carbons (Fsp3) is 0.364. The lowest BCUT2D eigenvalue weighted by Crippen LogP contribution is -2.51. The molecule has 1 rings (SSSR count). The standard InChI is InChI=1S/C11H13N3O4S/c1-3-11(2,10(15)16)14-19(17,18)9-5-4-6-13-8(9)7-12/h4-6,14H,3H2,1-2H3,(H,15,16). The van der Waals surface area contributed by atoms with E-state index in [1.165, 1.54) is 25.3 Å². The van der Waals surface area contributed by atoms with E-state index in [-0.39, 0.29) is 17.0 Å². The molecule has 0 radical (unpaired) electrons. The van der Waals surface area contributed by atoms with E-state index in [2.05, 4.69) is 9.71 Å². The van der Waals surface area contributed by atoms with Crippen molar-refractivity contribution in [1.29, 1.82) is 5.26 Å². The highest BCUT2D eigenvalue weighted by Crippen LogP contribution is 2.18. The van der Waals surface area contributed by atoms with Crippen LogP contribution in [0.4, 0.5) is 0 Å². The van der Waals surface area contributed by atoms with Crippen molar-refractivity contribution < 1.29 is 18.3 Å². The SMILES string of the molecule is CCC(C)(NS(=O)(=O)c1cccnc1C#N)C(=O)O. The molecular formula is C11H13N3O4S. The first-order valence-corrected chi connectivity index (χ1v) is 6.87. The minimum atomic E-state index is -4.13. The molecule has 0 saturated heterocycles. The molecule has 7 nitrogen and oxygen atoms in total. The summed E-state index contributed by atoms with van der Waals surface area (Å²) >= 11 is 0. The van der Waals surface area contributed by atoms with Gasteiger partial charge >= 0.3 is 5.97 Å². The molecule has 8 heteroatoms. The number of aromatic nitrogens is 1. The third-order valence-electron chi connectivity index (χ3n) is 2.70. The maximum atomic E-state index is 12.1. The summed E-state index contributed by atoms with van der Waals surface area (Å²) in [5.74, 6) is -1.29. The Hall–Kier alpha value is -1.98. The molecule has 0 aliphatic rings. The molecule has 1 unspecified atom stereocenters. The van der Waals surface area contributed by atoms with Crippen LogP contribution >= 0.6 is 0 Å². The molecule has 0 aliphatic carbocycles. The summed E-state index contributed by atoms with van der Waals surface area (Å²) < 4.78 is 26.3. The number of aliphatic carboxylic acids is 1. The van der Waals surface area contributed by atoms with Gasteiger partial charge in [-0.1, -0.05) is 6.92 Å². The topological polar surface area (TPSA) is 120 Å². The third kappa shape index (κ3) is 3.07. The van der Waals surface area contributed by atoms with E-state index in [4.69, 9.17) is 10.4 Å². The second-order valence-electron chi connectivity index (χ2n) is 4.06. The number of sulfonamides is 1. The fourth-order valence-electron chi connectivity index (χ4n) is 1.31. The zero-order valence-corrected chi connectivity index (χ0v) is 11.2. The zero-order valence-electron chi connectivity index (χ0n) is 10.4. The molecule has 0 bridgehead atoms. The van der Waals surface area contributed by atoms with Gasteiger partial charge in [-0.05, 0) is 25.5 Å². The van der Waals surface area contributed by atoms with E-state index in [9.17, 15) is 13.2 Å². The number of nitrogens with one attached hydrogen (secondary N) is 1. The normalized spacial score (nSPS) is 14.4. The second-order valence-corrected chi connectivity index (χ2v) is 5.71. The van der Waals surface area contributed by atoms with Crippen LogP contribution in [0.3, 0.4) is 0 Å². The Kier molecular flexibility index (Phi) is 4.24. The average molecular weight is 283 g/mol. The van der Waals surface area contributed by atoms with Crippen molar-refractivity contribution in [2.75, 3.05) is 0 Å². The van der Waals surface area contributed by atoms with Gasteiger partial charge in [-0.25, -0.2) is 13.4 Å². The number of pyridine rings is 1. The molecule has 0 spiro atoms. The van der Waals surface area contributed by atoms with Gasteiger partial charge in [0.2, 0.25) is 10.0 Å². The van der Waals surface area contributed by atoms with E-state index in [0.717, 1.165) is 0 Å². The van der Waals surface area contributed by atoms with Crippen LogP contribution in [0.25, 0.3) is 0 Å². The summed E-state index contributed by atoms with van der Waals surface area (Å²) in [7, 11) is -4.13. The van der Waals surface area contributed by atoms with E-state index < -0.39 is 21.5 Å². The Morgan fingerprint density at radius 1 is 1.63 bits per heavy atom. The van der Waals surface area contributed by atoms with Gasteiger partial charge in [0, 0.05) is 6.20 Å².